The summed E-state index contributed by atoms with van der Waals surface area (Å²) in [6.45, 7) is -9.72. The number of halogens is 12. The van der Waals surface area contributed by atoms with Crippen molar-refractivity contribution >= 4 is 34.2 Å². The fourth-order valence-electron chi connectivity index (χ4n) is 2.94. The Morgan fingerprint density at radius 3 is 1.05 bits per heavy atom. The summed E-state index contributed by atoms with van der Waals surface area (Å²) in [5.74, 6) is 0. The number of rotatable bonds is 12. The van der Waals surface area contributed by atoms with E-state index in [9.17, 15) is 52.7 Å². The Kier molecular flexibility index (Phi) is 11.2. The van der Waals surface area contributed by atoms with Gasteiger partial charge in [0.15, 0.2) is 26.4 Å². The molecule has 3 rings (SSSR count). The van der Waals surface area contributed by atoms with E-state index in [0.717, 1.165) is 0 Å². The molecule has 0 unspecified atom stereocenters. The van der Waals surface area contributed by atoms with Crippen LogP contribution < -0.4 is 10.2 Å². The monoisotopic (exact) mass is 715 g/mol. The van der Waals surface area contributed by atoms with Crippen LogP contribution in [0.5, 0.6) is 0 Å². The van der Waals surface area contributed by atoms with Crippen molar-refractivity contribution in [2.75, 3.05) is 36.6 Å². The molecule has 248 valence electrons. The average Bonchev–Trinajstić information content (AvgIpc) is 2.88. The van der Waals surface area contributed by atoms with Crippen molar-refractivity contribution in [3.05, 3.63) is 60.7 Å². The van der Waals surface area contributed by atoms with E-state index >= 15 is 0 Å². The predicted molar refractivity (Wildman–Crippen MR) is 136 cm³/mol. The summed E-state index contributed by atoms with van der Waals surface area (Å²) in [6.07, 6.45) is -21.2. The van der Waals surface area contributed by atoms with Crippen molar-refractivity contribution in [2.45, 2.75) is 24.7 Å². The van der Waals surface area contributed by atoms with Gasteiger partial charge in [0.25, 0.3) is 7.51 Å². The highest BCUT2D eigenvalue weighted by molar-refractivity contribution is 7.83. The Bertz CT molecular complexity index is 1290. The maximum absolute atomic E-state index is 13.3. The molecular formula is C20H20F12N5O4P3. The van der Waals surface area contributed by atoms with Crippen molar-refractivity contribution < 1.29 is 70.8 Å². The summed E-state index contributed by atoms with van der Waals surface area (Å²) in [6, 6.07) is 13.7. The van der Waals surface area contributed by atoms with Gasteiger partial charge in [0.2, 0.25) is 0 Å². The van der Waals surface area contributed by atoms with Crippen molar-refractivity contribution in [1.29, 1.82) is 0 Å². The van der Waals surface area contributed by atoms with Crippen LogP contribution in [0.2, 0.25) is 0 Å². The molecule has 1 aliphatic heterocycles. The first-order valence-electron chi connectivity index (χ1n) is 11.5. The van der Waals surface area contributed by atoms with E-state index in [1.165, 1.54) is 60.7 Å². The molecule has 24 heteroatoms. The van der Waals surface area contributed by atoms with Gasteiger partial charge in [-0.15, -0.1) is 4.52 Å². The number of hydrogen-bond acceptors (Lipinski definition) is 9. The summed E-state index contributed by atoms with van der Waals surface area (Å²) >= 11 is 0. The van der Waals surface area contributed by atoms with Crippen LogP contribution in [0.15, 0.2) is 74.2 Å². The van der Waals surface area contributed by atoms with Gasteiger partial charge in [0, 0.05) is 11.4 Å². The molecule has 0 aliphatic carbocycles. The molecule has 2 aromatic carbocycles. The summed E-state index contributed by atoms with van der Waals surface area (Å²) in [4.78, 5) is 0. The molecule has 1 aliphatic rings. The van der Waals surface area contributed by atoms with E-state index in [0.29, 0.717) is 0 Å². The molecule has 0 spiro atoms. The van der Waals surface area contributed by atoms with Crippen LogP contribution in [0.25, 0.3) is 0 Å². The molecule has 0 fully saturated rings. The summed E-state index contributed by atoms with van der Waals surface area (Å²) < 4.78 is 189. The Labute approximate surface area is 241 Å². The third kappa shape index (κ3) is 12.3. The van der Waals surface area contributed by atoms with Gasteiger partial charge in [0.05, 0.1) is 0 Å². The van der Waals surface area contributed by atoms with Crippen molar-refractivity contribution in [3.63, 3.8) is 0 Å². The number of para-hydroxylation sites is 2. The Morgan fingerprint density at radius 1 is 0.455 bits per heavy atom. The molecule has 0 amide bonds. The van der Waals surface area contributed by atoms with Crippen LogP contribution in [0.4, 0.5) is 64.1 Å². The normalized spacial score (nSPS) is 18.0. The molecule has 1 heterocycles. The fourth-order valence-corrected chi connectivity index (χ4v) is 12.9. The van der Waals surface area contributed by atoms with Crippen molar-refractivity contribution in [1.82, 2.24) is 0 Å². The molecule has 2 aromatic rings. The van der Waals surface area contributed by atoms with Gasteiger partial charge >= 0.3 is 40.0 Å². The first kappa shape index (κ1) is 36.2. The van der Waals surface area contributed by atoms with E-state index in [2.05, 4.69) is 41.8 Å². The standard InChI is InChI=1S/C20H20F12N5O4P3/c21-17(22,23)11-38-43(39-12-18(24,25)26)35-42(33-15-7-3-1-4-8-15,34-16-9-5-2-6-10-16)36-44(37-43,40-13-19(27,28)29)41-14-20(30,31)32/h1-10,33-34H,11-14H2. The van der Waals surface area contributed by atoms with Gasteiger partial charge in [-0.25, -0.2) is 0 Å². The molecule has 0 saturated carbocycles. The largest absolute Gasteiger partial charge is 0.412 e. The quantitative estimate of drug-likeness (QED) is 0.168. The average molecular weight is 715 g/mol. The second kappa shape index (κ2) is 13.6. The van der Waals surface area contributed by atoms with Crippen LogP contribution in [0.3, 0.4) is 0 Å². The molecule has 0 atom stereocenters. The van der Waals surface area contributed by atoms with Gasteiger partial charge in [-0.05, 0) is 24.3 Å². The Hall–Kier alpha value is -2.27. The summed E-state index contributed by atoms with van der Waals surface area (Å²) in [5, 5.41) is 5.12. The van der Waals surface area contributed by atoms with Crippen molar-refractivity contribution in [3.8, 4) is 0 Å². The number of nitrogens with one attached hydrogen (secondary N) is 2. The van der Waals surface area contributed by atoms with Crippen molar-refractivity contribution in [2.24, 2.45) is 13.5 Å². The number of benzene rings is 2. The maximum Gasteiger partial charge on any atom is 0.412 e. The minimum absolute atomic E-state index is 0.0341. The van der Waals surface area contributed by atoms with Crippen LogP contribution in [-0.2, 0) is 18.1 Å². The van der Waals surface area contributed by atoms with E-state index in [4.69, 9.17) is 0 Å². The lowest BCUT2D eigenvalue weighted by atomic mass is 10.3. The highest BCUT2D eigenvalue weighted by atomic mass is 31.3. The molecule has 2 N–H and O–H groups in total. The molecule has 0 radical (unpaired) electrons. The SMILES string of the molecule is FC(F)(F)COP1(OCC(F)(F)F)=NP(Nc2ccccc2)(Nc2ccccc2)=NP(OCC(F)(F)F)(OCC(F)(F)F)=N1. The smallest absolute Gasteiger partial charge is 0.318 e. The summed E-state index contributed by atoms with van der Waals surface area (Å²) in [7, 11) is -15.7. The van der Waals surface area contributed by atoms with E-state index in [-0.39, 0.29) is 11.4 Å². The third-order valence-corrected chi connectivity index (χ3v) is 13.1. The number of nitrogens with zero attached hydrogens (tertiary/aromatic N) is 3. The second-order valence-corrected chi connectivity index (χ2v) is 15.2. The lowest BCUT2D eigenvalue weighted by Gasteiger charge is -2.35. The number of anilines is 2. The first-order valence-corrected chi connectivity index (χ1v) is 16.3. The Morgan fingerprint density at radius 2 is 0.750 bits per heavy atom. The minimum Gasteiger partial charge on any atom is -0.318 e. The van der Waals surface area contributed by atoms with Gasteiger partial charge in [0.1, 0.15) is 0 Å². The van der Waals surface area contributed by atoms with E-state index < -0.39 is 74.0 Å². The van der Waals surface area contributed by atoms with Gasteiger partial charge < -0.3 is 10.2 Å². The van der Waals surface area contributed by atoms with Gasteiger partial charge in [-0.3, -0.25) is 18.1 Å². The number of alkyl halides is 12. The molecule has 44 heavy (non-hydrogen) atoms. The number of hydrogen-bond donors (Lipinski definition) is 2. The van der Waals surface area contributed by atoms with Crippen LogP contribution in [-0.4, -0.2) is 51.1 Å². The zero-order valence-electron chi connectivity index (χ0n) is 21.5. The zero-order chi connectivity index (χ0) is 32.9. The van der Waals surface area contributed by atoms with Gasteiger partial charge in [-0.2, -0.15) is 61.7 Å². The fraction of sp³-hybridized carbons (Fsp3) is 0.400. The highest BCUT2D eigenvalue weighted by Crippen LogP contribution is 2.79. The lowest BCUT2D eigenvalue weighted by Crippen LogP contribution is -2.22. The molecule has 0 saturated heterocycles. The third-order valence-electron chi connectivity index (χ3n) is 4.41. The van der Waals surface area contributed by atoms with E-state index in [1.807, 2.05) is 0 Å². The topological polar surface area (TPSA) is 98.1 Å². The molecule has 0 aromatic heterocycles. The summed E-state index contributed by atoms with van der Waals surface area (Å²) in [5.41, 5.74) is -0.0682. The minimum atomic E-state index is -5.56. The zero-order valence-corrected chi connectivity index (χ0v) is 24.1. The molecular weight excluding hydrogens is 695 g/mol. The van der Waals surface area contributed by atoms with Crippen LogP contribution in [0, 0.1) is 0 Å². The van der Waals surface area contributed by atoms with Crippen LogP contribution in [0.1, 0.15) is 0 Å². The van der Waals surface area contributed by atoms with Gasteiger partial charge in [-0.1, -0.05) is 36.4 Å². The highest BCUT2D eigenvalue weighted by Gasteiger charge is 2.48. The predicted octanol–water partition coefficient (Wildman–Crippen LogP) is 10.4. The molecule has 0 bridgehead atoms. The first-order chi connectivity index (χ1) is 20.1. The molecule has 9 nitrogen and oxygen atoms in total. The van der Waals surface area contributed by atoms with E-state index in [1.54, 1.807) is 0 Å². The van der Waals surface area contributed by atoms with Crippen LogP contribution >= 0.6 is 22.8 Å². The lowest BCUT2D eigenvalue weighted by molar-refractivity contribution is -0.163. The second-order valence-electron chi connectivity index (χ2n) is 8.36. The maximum atomic E-state index is 13.3. The Balaban J connectivity index is 2.43.